The summed E-state index contributed by atoms with van der Waals surface area (Å²) >= 11 is 4.90. The average molecular weight is 281 g/mol. The lowest BCUT2D eigenvalue weighted by Gasteiger charge is -2.07. The maximum Gasteiger partial charge on any atom is 0.191 e. The molecule has 0 radical (unpaired) electrons. The van der Waals surface area contributed by atoms with Gasteiger partial charge in [-0.05, 0) is 36.5 Å². The van der Waals surface area contributed by atoms with Crippen LogP contribution in [0.2, 0.25) is 0 Å². The van der Waals surface area contributed by atoms with Crippen molar-refractivity contribution in [1.82, 2.24) is 5.43 Å². The number of hydrazone groups is 1. The summed E-state index contributed by atoms with van der Waals surface area (Å²) in [6.07, 6.45) is 2.92. The van der Waals surface area contributed by atoms with Gasteiger partial charge in [-0.3, -0.25) is 5.43 Å². The van der Waals surface area contributed by atoms with E-state index in [4.69, 9.17) is 16.6 Å². The molecular weight excluding hydrogens is 272 g/mol. The van der Waals surface area contributed by atoms with Gasteiger partial charge in [0, 0.05) is 6.07 Å². The topological polar surface area (TPSA) is 49.6 Å². The van der Waals surface area contributed by atoms with Crippen LogP contribution >= 0.6 is 12.2 Å². The molecule has 4 nitrogen and oxygen atoms in total. The molecule has 0 bridgehead atoms. The van der Waals surface area contributed by atoms with Gasteiger partial charge in [-0.25, -0.2) is 8.78 Å². The molecular formula is C12H9F2N3OS. The Morgan fingerprint density at radius 3 is 2.84 bits per heavy atom. The Morgan fingerprint density at radius 2 is 2.16 bits per heavy atom. The van der Waals surface area contributed by atoms with E-state index in [1.54, 1.807) is 12.1 Å². The quantitative estimate of drug-likeness (QED) is 0.516. The summed E-state index contributed by atoms with van der Waals surface area (Å²) < 4.78 is 31.0. The third kappa shape index (κ3) is 3.85. The van der Waals surface area contributed by atoms with Gasteiger partial charge in [0.15, 0.2) is 5.11 Å². The first-order valence-corrected chi connectivity index (χ1v) is 5.64. The molecule has 2 aromatic rings. The number of nitrogens with zero attached hydrogens (tertiary/aromatic N) is 1. The minimum atomic E-state index is -0.737. The third-order valence-electron chi connectivity index (χ3n) is 2.08. The van der Waals surface area contributed by atoms with Crippen molar-refractivity contribution < 1.29 is 13.2 Å². The normalized spacial score (nSPS) is 10.6. The van der Waals surface area contributed by atoms with Crippen molar-refractivity contribution in [1.29, 1.82) is 0 Å². The van der Waals surface area contributed by atoms with E-state index in [0.717, 1.165) is 12.1 Å². The fraction of sp³-hybridized carbons (Fsp3) is 0. The summed E-state index contributed by atoms with van der Waals surface area (Å²) in [5.74, 6) is -0.847. The Balaban J connectivity index is 1.91. The van der Waals surface area contributed by atoms with E-state index >= 15 is 0 Å². The van der Waals surface area contributed by atoms with Crippen LogP contribution in [0.25, 0.3) is 0 Å². The Labute approximate surface area is 113 Å². The zero-order valence-corrected chi connectivity index (χ0v) is 10.4. The second-order valence-electron chi connectivity index (χ2n) is 3.46. The van der Waals surface area contributed by atoms with Gasteiger partial charge in [0.2, 0.25) is 0 Å². The number of thiocarbonyl (C=S) groups is 1. The molecule has 1 aromatic heterocycles. The van der Waals surface area contributed by atoms with E-state index in [2.05, 4.69) is 15.8 Å². The van der Waals surface area contributed by atoms with Gasteiger partial charge < -0.3 is 9.73 Å². The Kier molecular flexibility index (Phi) is 4.19. The van der Waals surface area contributed by atoms with E-state index in [1.807, 2.05) is 0 Å². The second-order valence-corrected chi connectivity index (χ2v) is 3.87. The molecule has 19 heavy (non-hydrogen) atoms. The maximum absolute atomic E-state index is 13.3. The predicted molar refractivity (Wildman–Crippen MR) is 72.0 cm³/mol. The number of anilines is 1. The minimum absolute atomic E-state index is 0.0621. The molecule has 0 amide bonds. The molecule has 0 aliphatic heterocycles. The average Bonchev–Trinajstić information content (AvgIpc) is 2.86. The molecule has 0 aliphatic carbocycles. The zero-order valence-electron chi connectivity index (χ0n) is 9.56. The monoisotopic (exact) mass is 281 g/mol. The summed E-state index contributed by atoms with van der Waals surface area (Å²) in [6.45, 7) is 0. The minimum Gasteiger partial charge on any atom is -0.463 e. The Morgan fingerprint density at radius 1 is 1.32 bits per heavy atom. The van der Waals surface area contributed by atoms with Crippen LogP contribution in [0.15, 0.2) is 46.1 Å². The van der Waals surface area contributed by atoms with Gasteiger partial charge in [-0.2, -0.15) is 5.10 Å². The van der Waals surface area contributed by atoms with Crippen molar-refractivity contribution in [2.24, 2.45) is 5.10 Å². The molecule has 1 heterocycles. The number of hydrogen-bond donors (Lipinski definition) is 2. The highest BCUT2D eigenvalue weighted by Crippen LogP contribution is 2.14. The maximum atomic E-state index is 13.3. The van der Waals surface area contributed by atoms with Crippen molar-refractivity contribution in [3.8, 4) is 0 Å². The highest BCUT2D eigenvalue weighted by molar-refractivity contribution is 7.80. The molecule has 0 saturated heterocycles. The molecule has 98 valence electrons. The smallest absolute Gasteiger partial charge is 0.191 e. The number of hydrogen-bond acceptors (Lipinski definition) is 3. The van der Waals surface area contributed by atoms with Gasteiger partial charge in [0.05, 0.1) is 18.2 Å². The highest BCUT2D eigenvalue weighted by atomic mass is 32.1. The van der Waals surface area contributed by atoms with Crippen LogP contribution in [0.5, 0.6) is 0 Å². The van der Waals surface area contributed by atoms with Crippen LogP contribution in [0.1, 0.15) is 5.76 Å². The third-order valence-corrected chi connectivity index (χ3v) is 2.27. The number of benzene rings is 1. The fourth-order valence-electron chi connectivity index (χ4n) is 1.26. The van der Waals surface area contributed by atoms with E-state index in [0.29, 0.717) is 5.76 Å². The van der Waals surface area contributed by atoms with Crippen molar-refractivity contribution >= 4 is 29.2 Å². The highest BCUT2D eigenvalue weighted by Gasteiger charge is 2.04. The predicted octanol–water partition coefficient (Wildman–Crippen LogP) is 2.88. The molecule has 7 heteroatoms. The SMILES string of the molecule is Fc1ccc(NC(=S)N/N=C\c2ccco2)c(F)c1. The lowest BCUT2D eigenvalue weighted by molar-refractivity contribution is 0.560. The standard InChI is InChI=1S/C12H9F2N3OS/c13-8-3-4-11(10(14)6-8)16-12(19)17-15-7-9-2-1-5-18-9/h1-7H,(H2,16,17,19)/b15-7-. The lowest BCUT2D eigenvalue weighted by Crippen LogP contribution is -2.24. The van der Waals surface area contributed by atoms with E-state index in [9.17, 15) is 8.78 Å². The first-order chi connectivity index (χ1) is 9.15. The molecule has 2 rings (SSSR count). The summed E-state index contributed by atoms with van der Waals surface area (Å²) in [5.41, 5.74) is 2.54. The van der Waals surface area contributed by atoms with Crippen LogP contribution < -0.4 is 10.7 Å². The molecule has 0 fully saturated rings. The van der Waals surface area contributed by atoms with Gasteiger partial charge in [-0.15, -0.1) is 0 Å². The lowest BCUT2D eigenvalue weighted by atomic mass is 10.3. The Bertz CT molecular complexity index is 599. The van der Waals surface area contributed by atoms with Crippen molar-refractivity contribution in [3.63, 3.8) is 0 Å². The number of halogens is 2. The molecule has 0 unspecified atom stereocenters. The first kappa shape index (κ1) is 13.2. The second kappa shape index (κ2) is 6.05. The molecule has 0 spiro atoms. The molecule has 0 aliphatic rings. The van der Waals surface area contributed by atoms with E-state index in [1.165, 1.54) is 18.5 Å². The summed E-state index contributed by atoms with van der Waals surface area (Å²) in [7, 11) is 0. The zero-order chi connectivity index (χ0) is 13.7. The van der Waals surface area contributed by atoms with Crippen LogP contribution in [0.3, 0.4) is 0 Å². The van der Waals surface area contributed by atoms with E-state index in [-0.39, 0.29) is 10.8 Å². The van der Waals surface area contributed by atoms with Crippen LogP contribution in [0.4, 0.5) is 14.5 Å². The van der Waals surface area contributed by atoms with Crippen molar-refractivity contribution in [3.05, 3.63) is 54.0 Å². The van der Waals surface area contributed by atoms with Gasteiger partial charge in [-0.1, -0.05) is 0 Å². The number of nitrogens with one attached hydrogen (secondary N) is 2. The van der Waals surface area contributed by atoms with Gasteiger partial charge in [0.1, 0.15) is 17.4 Å². The van der Waals surface area contributed by atoms with Crippen LogP contribution in [-0.4, -0.2) is 11.3 Å². The molecule has 2 N–H and O–H groups in total. The van der Waals surface area contributed by atoms with Crippen LogP contribution in [0, 0.1) is 11.6 Å². The number of rotatable bonds is 3. The number of furan rings is 1. The van der Waals surface area contributed by atoms with Gasteiger partial charge >= 0.3 is 0 Å². The summed E-state index contributed by atoms with van der Waals surface area (Å²) in [4.78, 5) is 0. The molecule has 0 saturated carbocycles. The molecule has 0 atom stereocenters. The first-order valence-electron chi connectivity index (χ1n) is 5.24. The van der Waals surface area contributed by atoms with Crippen LogP contribution in [-0.2, 0) is 0 Å². The summed E-state index contributed by atoms with van der Waals surface area (Å²) in [6, 6.07) is 6.55. The fourth-order valence-corrected chi connectivity index (χ4v) is 1.42. The van der Waals surface area contributed by atoms with Gasteiger partial charge in [0.25, 0.3) is 0 Å². The largest absolute Gasteiger partial charge is 0.463 e. The molecule has 1 aromatic carbocycles. The van der Waals surface area contributed by atoms with E-state index < -0.39 is 11.6 Å². The summed E-state index contributed by atoms with van der Waals surface area (Å²) in [5, 5.41) is 6.42. The van der Waals surface area contributed by atoms with Crippen molar-refractivity contribution in [2.75, 3.05) is 5.32 Å². The Hall–Kier alpha value is -2.28. The van der Waals surface area contributed by atoms with Crippen molar-refractivity contribution in [2.45, 2.75) is 0 Å².